The minimum Gasteiger partial charge on any atom is -0.394 e. The Morgan fingerprint density at radius 1 is 1.25 bits per heavy atom. The molecule has 0 aliphatic carbocycles. The molecule has 2 aromatic carbocycles. The number of non-ortho nitro benzene ring substituents is 1. The molecule has 3 N–H and O–H groups in total. The predicted octanol–water partition coefficient (Wildman–Crippen LogP) is 2.24. The van der Waals surface area contributed by atoms with Gasteiger partial charge in [-0.05, 0) is 18.2 Å². The number of nitro groups is 1. The minimum absolute atomic E-state index is 0.0168. The van der Waals surface area contributed by atoms with Crippen molar-refractivity contribution in [2.75, 3.05) is 18.5 Å². The highest BCUT2D eigenvalue weighted by Crippen LogP contribution is 2.27. The lowest BCUT2D eigenvalue weighted by Gasteiger charge is -2.14. The Morgan fingerprint density at radius 3 is 2.58 bits per heavy atom. The molecule has 0 saturated heterocycles. The number of hydrogen-bond donors (Lipinski definition) is 3. The molecule has 24 heavy (non-hydrogen) atoms. The van der Waals surface area contributed by atoms with Crippen molar-refractivity contribution in [3.8, 4) is 0 Å². The number of anilines is 1. The number of nitrogens with zero attached hydrogens (tertiary/aromatic N) is 1. The molecule has 0 heterocycles. The van der Waals surface area contributed by atoms with E-state index in [9.17, 15) is 20.0 Å². The van der Waals surface area contributed by atoms with Gasteiger partial charge in [-0.15, -0.1) is 0 Å². The summed E-state index contributed by atoms with van der Waals surface area (Å²) in [5, 5.41) is 32.3. The quantitative estimate of drug-likeness (QED) is 0.401. The second-order valence-corrected chi connectivity index (χ2v) is 5.42. The van der Waals surface area contributed by atoms with Crippen LogP contribution in [0, 0.1) is 10.1 Å². The van der Waals surface area contributed by atoms with Crippen LogP contribution < -0.4 is 5.32 Å². The first-order valence-corrected chi connectivity index (χ1v) is 7.42. The molecule has 0 fully saturated rings. The Hall–Kier alpha value is -2.48. The van der Waals surface area contributed by atoms with Crippen molar-refractivity contribution in [3.63, 3.8) is 0 Å². The topological polar surface area (TPSA) is 113 Å². The lowest BCUT2D eigenvalue weighted by molar-refractivity contribution is -0.384. The zero-order chi connectivity index (χ0) is 17.7. The zero-order valence-corrected chi connectivity index (χ0v) is 13.2. The van der Waals surface area contributed by atoms with Crippen molar-refractivity contribution in [2.24, 2.45) is 0 Å². The fraction of sp³-hybridized carbons (Fsp3) is 0.188. The first-order chi connectivity index (χ1) is 11.4. The number of carbonyl (C=O) groups excluding carboxylic acids is 1. The second kappa shape index (κ2) is 7.87. The van der Waals surface area contributed by atoms with E-state index < -0.39 is 23.4 Å². The Bertz CT molecular complexity index is 766. The van der Waals surface area contributed by atoms with Crippen molar-refractivity contribution < 1.29 is 19.9 Å². The van der Waals surface area contributed by atoms with Gasteiger partial charge in [0.1, 0.15) is 0 Å². The molecule has 8 heteroatoms. The standard InChI is InChI=1S/C16H15ClN2O5/c17-14-4-2-1-3-12(14)16(22)13-7-10(19(23)24)5-6-15(13)18-8-11(21)9-20/h1-7,11,18,20-21H,8-9H2. The van der Waals surface area contributed by atoms with Gasteiger partial charge in [0.05, 0.1) is 28.2 Å². The van der Waals surface area contributed by atoms with E-state index >= 15 is 0 Å². The third-order valence-corrected chi connectivity index (χ3v) is 3.65. The Balaban J connectivity index is 2.44. The number of hydrogen-bond acceptors (Lipinski definition) is 6. The molecular formula is C16H15ClN2O5. The summed E-state index contributed by atoms with van der Waals surface area (Å²) in [4.78, 5) is 23.1. The molecule has 7 nitrogen and oxygen atoms in total. The van der Waals surface area contributed by atoms with Gasteiger partial charge >= 0.3 is 0 Å². The number of carbonyl (C=O) groups is 1. The summed E-state index contributed by atoms with van der Waals surface area (Å²) >= 11 is 6.03. The van der Waals surface area contributed by atoms with Gasteiger partial charge in [-0.25, -0.2) is 0 Å². The zero-order valence-electron chi connectivity index (χ0n) is 12.5. The van der Waals surface area contributed by atoms with Gasteiger partial charge in [-0.1, -0.05) is 23.7 Å². The summed E-state index contributed by atoms with van der Waals surface area (Å²) in [7, 11) is 0. The lowest BCUT2D eigenvalue weighted by Crippen LogP contribution is -2.24. The maximum atomic E-state index is 12.7. The van der Waals surface area contributed by atoms with Gasteiger partial charge in [0.25, 0.3) is 5.69 Å². The normalized spacial score (nSPS) is 11.8. The Kier molecular flexibility index (Phi) is 5.86. The molecular weight excluding hydrogens is 336 g/mol. The summed E-state index contributed by atoms with van der Waals surface area (Å²) in [6.07, 6.45) is -1.02. The van der Waals surface area contributed by atoms with E-state index in [1.807, 2.05) is 0 Å². The molecule has 1 atom stereocenters. The number of benzene rings is 2. The highest BCUT2D eigenvalue weighted by molar-refractivity contribution is 6.35. The molecule has 1 unspecified atom stereocenters. The molecule has 2 aromatic rings. The fourth-order valence-electron chi connectivity index (χ4n) is 2.07. The van der Waals surface area contributed by atoms with Crippen LogP contribution >= 0.6 is 11.6 Å². The molecule has 2 rings (SSSR count). The number of aliphatic hydroxyl groups is 2. The monoisotopic (exact) mass is 350 g/mol. The first-order valence-electron chi connectivity index (χ1n) is 7.04. The van der Waals surface area contributed by atoms with Gasteiger partial charge in [0.15, 0.2) is 5.78 Å². The number of halogens is 1. The van der Waals surface area contributed by atoms with Gasteiger partial charge < -0.3 is 15.5 Å². The van der Waals surface area contributed by atoms with Crippen LogP contribution in [0.3, 0.4) is 0 Å². The number of rotatable bonds is 7. The number of ketones is 1. The molecule has 0 aliphatic rings. The largest absolute Gasteiger partial charge is 0.394 e. The lowest BCUT2D eigenvalue weighted by atomic mass is 10.0. The van der Waals surface area contributed by atoms with Crippen LogP contribution in [0.15, 0.2) is 42.5 Å². The van der Waals surface area contributed by atoms with Crippen molar-refractivity contribution in [2.45, 2.75) is 6.10 Å². The summed E-state index contributed by atoms with van der Waals surface area (Å²) in [5.74, 6) is -0.481. The molecule has 0 aliphatic heterocycles. The van der Waals surface area contributed by atoms with Crippen molar-refractivity contribution in [1.82, 2.24) is 0 Å². The smallest absolute Gasteiger partial charge is 0.270 e. The summed E-state index contributed by atoms with van der Waals surface area (Å²) in [6.45, 7) is -0.467. The third kappa shape index (κ3) is 4.08. The van der Waals surface area contributed by atoms with Crippen LogP contribution in [0.2, 0.25) is 5.02 Å². The van der Waals surface area contributed by atoms with E-state index in [0.29, 0.717) is 5.69 Å². The van der Waals surface area contributed by atoms with Crippen LogP contribution in [0.5, 0.6) is 0 Å². The highest BCUT2D eigenvalue weighted by atomic mass is 35.5. The first kappa shape index (κ1) is 17.9. The molecule has 0 bridgehead atoms. The van der Waals surface area contributed by atoms with E-state index in [1.54, 1.807) is 18.2 Å². The van der Waals surface area contributed by atoms with E-state index in [4.69, 9.17) is 16.7 Å². The average molecular weight is 351 g/mol. The van der Waals surface area contributed by atoms with Crippen LogP contribution in [0.25, 0.3) is 0 Å². The fourth-order valence-corrected chi connectivity index (χ4v) is 2.29. The summed E-state index contributed by atoms with van der Waals surface area (Å²) < 4.78 is 0. The Morgan fingerprint density at radius 2 is 1.96 bits per heavy atom. The maximum Gasteiger partial charge on any atom is 0.270 e. The van der Waals surface area contributed by atoms with Gasteiger partial charge in [-0.3, -0.25) is 14.9 Å². The van der Waals surface area contributed by atoms with Gasteiger partial charge in [-0.2, -0.15) is 0 Å². The van der Waals surface area contributed by atoms with Gasteiger partial charge in [0, 0.05) is 29.9 Å². The highest BCUT2D eigenvalue weighted by Gasteiger charge is 2.20. The van der Waals surface area contributed by atoms with Crippen molar-refractivity contribution >= 4 is 28.8 Å². The molecule has 0 amide bonds. The SMILES string of the molecule is O=C(c1ccccc1Cl)c1cc([N+](=O)[O-])ccc1NCC(O)CO. The van der Waals surface area contributed by atoms with E-state index in [1.165, 1.54) is 18.2 Å². The van der Waals surface area contributed by atoms with E-state index in [2.05, 4.69) is 5.32 Å². The van der Waals surface area contributed by atoms with Crippen LogP contribution in [0.4, 0.5) is 11.4 Å². The van der Waals surface area contributed by atoms with Crippen LogP contribution in [0.1, 0.15) is 15.9 Å². The molecule has 0 spiro atoms. The van der Waals surface area contributed by atoms with Crippen molar-refractivity contribution in [1.29, 1.82) is 0 Å². The molecule has 126 valence electrons. The predicted molar refractivity (Wildman–Crippen MR) is 89.6 cm³/mol. The number of nitrogens with one attached hydrogen (secondary N) is 1. The van der Waals surface area contributed by atoms with Crippen LogP contribution in [-0.4, -0.2) is 40.2 Å². The van der Waals surface area contributed by atoms with Crippen molar-refractivity contribution in [3.05, 3.63) is 68.7 Å². The Labute approximate surface area is 142 Å². The molecule has 0 aromatic heterocycles. The summed E-state index contributed by atoms with van der Waals surface area (Å²) in [5.41, 5.74) is 0.338. The van der Waals surface area contributed by atoms with Gasteiger partial charge in [0.2, 0.25) is 0 Å². The minimum atomic E-state index is -1.02. The van der Waals surface area contributed by atoms with E-state index in [-0.39, 0.29) is 28.4 Å². The number of aliphatic hydroxyl groups excluding tert-OH is 2. The average Bonchev–Trinajstić information content (AvgIpc) is 2.59. The molecule has 0 saturated carbocycles. The molecule has 0 radical (unpaired) electrons. The van der Waals surface area contributed by atoms with E-state index in [0.717, 1.165) is 6.07 Å². The second-order valence-electron chi connectivity index (χ2n) is 5.01. The maximum absolute atomic E-state index is 12.7. The van der Waals surface area contributed by atoms with Crippen LogP contribution in [-0.2, 0) is 0 Å². The summed E-state index contributed by atoms with van der Waals surface area (Å²) in [6, 6.07) is 10.2. The number of nitro benzene ring substituents is 1. The third-order valence-electron chi connectivity index (χ3n) is 3.32.